The lowest BCUT2D eigenvalue weighted by molar-refractivity contribution is -0.111. The summed E-state index contributed by atoms with van der Waals surface area (Å²) in [5.74, 6) is 0. The maximum Gasteiger partial charge on any atom is 0.192 e. The van der Waals surface area contributed by atoms with Crippen molar-refractivity contribution in [1.82, 2.24) is 0 Å². The third-order valence-electron chi connectivity index (χ3n) is 2.44. The lowest BCUT2D eigenvalue weighted by Gasteiger charge is -2.28. The van der Waals surface area contributed by atoms with Crippen molar-refractivity contribution in [3.05, 3.63) is 0 Å². The molecule has 0 aromatic heterocycles. The summed E-state index contributed by atoms with van der Waals surface area (Å²) >= 11 is 3.19. The second-order valence-electron chi connectivity index (χ2n) is 5.09. The third kappa shape index (κ3) is 8.78. The number of hydrogen-bond acceptors (Lipinski definition) is 4. The molecule has 0 bridgehead atoms. The molecule has 0 aliphatic carbocycles. The quantitative estimate of drug-likeness (QED) is 0.411. The molecule has 0 atom stereocenters. The van der Waals surface area contributed by atoms with Crippen LogP contribution in [0.2, 0.25) is 0 Å². The fourth-order valence-corrected chi connectivity index (χ4v) is 1.57. The van der Waals surface area contributed by atoms with Gasteiger partial charge in [0.2, 0.25) is 0 Å². The van der Waals surface area contributed by atoms with Crippen LogP contribution >= 0.6 is 34.5 Å². The molecule has 5 heteroatoms. The zero-order chi connectivity index (χ0) is 12.8. The second-order valence-corrected chi connectivity index (χ2v) is 7.63. The predicted molar refractivity (Wildman–Crippen MR) is 78.8 cm³/mol. The van der Waals surface area contributed by atoms with Crippen LogP contribution in [-0.4, -0.2) is 20.7 Å². The van der Waals surface area contributed by atoms with Crippen molar-refractivity contribution in [3.8, 4) is 0 Å². The Morgan fingerprint density at radius 3 is 2.31 bits per heavy atom. The van der Waals surface area contributed by atoms with Crippen molar-refractivity contribution in [2.75, 3.05) is 6.61 Å². The molecular formula is C11H22INO2S. The number of halogens is 1. The monoisotopic (exact) mass is 359 g/mol. The van der Waals surface area contributed by atoms with Gasteiger partial charge in [-0.15, -0.1) is 0 Å². The molecule has 0 aromatic carbocycles. The Morgan fingerprint density at radius 2 is 1.88 bits per heavy atom. The summed E-state index contributed by atoms with van der Waals surface area (Å²) in [7, 11) is 0. The van der Waals surface area contributed by atoms with Crippen LogP contribution in [0.15, 0.2) is 0 Å². The fourth-order valence-electron chi connectivity index (χ4n) is 1.10. The van der Waals surface area contributed by atoms with Crippen LogP contribution in [0.5, 0.6) is 0 Å². The summed E-state index contributed by atoms with van der Waals surface area (Å²) in [4.78, 5) is 10.9. The highest BCUT2D eigenvalue weighted by molar-refractivity contribution is 14.1. The molecule has 0 heterocycles. The van der Waals surface area contributed by atoms with Crippen LogP contribution in [0.4, 0.5) is 0 Å². The van der Waals surface area contributed by atoms with Crippen molar-refractivity contribution in [1.29, 1.82) is 0 Å². The topological polar surface area (TPSA) is 52.3 Å². The van der Waals surface area contributed by atoms with Crippen LogP contribution in [0, 0.1) is 0 Å². The lowest BCUT2D eigenvalue weighted by Crippen LogP contribution is -2.28. The first-order valence-electron chi connectivity index (χ1n) is 5.39. The van der Waals surface area contributed by atoms with Gasteiger partial charge < -0.3 is 4.74 Å². The summed E-state index contributed by atoms with van der Waals surface area (Å²) in [5, 5.41) is 5.57. The highest BCUT2D eigenvalue weighted by Gasteiger charge is 2.22. The first kappa shape index (κ1) is 16.7. The number of hydrogen-bond donors (Lipinski definition) is 1. The number of carbonyl (C=O) groups is 1. The van der Waals surface area contributed by atoms with Gasteiger partial charge in [-0.25, -0.2) is 0 Å². The van der Waals surface area contributed by atoms with Crippen molar-refractivity contribution in [3.63, 3.8) is 0 Å². The Balaban J connectivity index is 3.86. The number of rotatable bonds is 8. The third-order valence-corrected chi connectivity index (χ3v) is 3.82. The fraction of sp³-hybridized carbons (Fsp3) is 0.909. The number of nitrogens with two attached hydrogens (primary N) is 1. The average Bonchev–Trinajstić information content (AvgIpc) is 2.14. The van der Waals surface area contributed by atoms with Gasteiger partial charge in [0, 0.05) is 17.8 Å². The predicted octanol–water partition coefficient (Wildman–Crippen LogP) is 3.30. The molecule has 0 rings (SSSR count). The van der Waals surface area contributed by atoms with Crippen LogP contribution in [0.1, 0.15) is 47.0 Å². The number of carbonyl (C=O) groups excluding carboxylic acids is 1. The van der Waals surface area contributed by atoms with Crippen molar-refractivity contribution >= 4 is 38.3 Å². The first-order valence-corrected chi connectivity index (χ1v) is 7.34. The minimum Gasteiger partial charge on any atom is -0.376 e. The minimum atomic E-state index is -0.226. The van der Waals surface area contributed by atoms with Gasteiger partial charge >= 0.3 is 0 Å². The maximum absolute atomic E-state index is 10.9. The molecule has 3 nitrogen and oxygen atoms in total. The van der Waals surface area contributed by atoms with E-state index in [4.69, 9.17) is 9.88 Å². The molecule has 0 aromatic rings. The number of ether oxygens (including phenoxy) is 1. The van der Waals surface area contributed by atoms with E-state index in [-0.39, 0.29) is 14.1 Å². The summed E-state index contributed by atoms with van der Waals surface area (Å²) < 4.78 is 6.03. The molecule has 0 saturated heterocycles. The highest BCUT2D eigenvalue weighted by Crippen LogP contribution is 2.25. The van der Waals surface area contributed by atoms with E-state index in [1.165, 1.54) is 11.9 Å². The molecule has 0 amide bonds. The van der Waals surface area contributed by atoms with E-state index in [1.807, 2.05) is 36.4 Å². The zero-order valence-corrected chi connectivity index (χ0v) is 13.5. The van der Waals surface area contributed by atoms with Gasteiger partial charge in [0.15, 0.2) is 3.79 Å². The largest absolute Gasteiger partial charge is 0.376 e. The highest BCUT2D eigenvalue weighted by atomic mass is 127. The Hall–Kier alpha value is 0.670. The van der Waals surface area contributed by atoms with Gasteiger partial charge in [-0.3, -0.25) is 9.93 Å². The standard InChI is InChI=1S/C11H22INO2S/c1-10(2,6-5-9(12)14)15-8-7-11(3,4)16-13/h5-8,13H2,1-4H3. The summed E-state index contributed by atoms with van der Waals surface area (Å²) in [6.07, 6.45) is 2.25. The van der Waals surface area contributed by atoms with E-state index in [0.717, 1.165) is 12.8 Å². The lowest BCUT2D eigenvalue weighted by atomic mass is 10.0. The Labute approximate surface area is 117 Å². The average molecular weight is 359 g/mol. The Kier molecular flexibility index (Phi) is 7.48. The first-order chi connectivity index (χ1) is 7.18. The molecule has 0 saturated carbocycles. The smallest absolute Gasteiger partial charge is 0.192 e. The van der Waals surface area contributed by atoms with Crippen LogP contribution in [0.3, 0.4) is 0 Å². The molecule has 16 heavy (non-hydrogen) atoms. The second kappa shape index (κ2) is 7.18. The van der Waals surface area contributed by atoms with E-state index in [2.05, 4.69) is 13.8 Å². The van der Waals surface area contributed by atoms with E-state index < -0.39 is 0 Å². The van der Waals surface area contributed by atoms with Crippen LogP contribution in [0.25, 0.3) is 0 Å². The molecule has 0 fully saturated rings. The molecule has 0 aliphatic rings. The summed E-state index contributed by atoms with van der Waals surface area (Å²) in [6.45, 7) is 8.93. The van der Waals surface area contributed by atoms with Gasteiger partial charge in [0.25, 0.3) is 0 Å². The van der Waals surface area contributed by atoms with E-state index >= 15 is 0 Å². The van der Waals surface area contributed by atoms with E-state index in [0.29, 0.717) is 13.0 Å². The van der Waals surface area contributed by atoms with Crippen LogP contribution < -0.4 is 5.14 Å². The SMILES string of the molecule is CC(C)(CCC(=O)I)OCCC(C)(C)SN. The molecule has 0 spiro atoms. The normalized spacial score (nSPS) is 12.9. The summed E-state index contributed by atoms with van der Waals surface area (Å²) in [5.41, 5.74) is -0.226. The summed E-state index contributed by atoms with van der Waals surface area (Å²) in [6, 6.07) is 0. The van der Waals surface area contributed by atoms with Gasteiger partial charge in [-0.2, -0.15) is 0 Å². The Bertz CT molecular complexity index is 232. The molecular weight excluding hydrogens is 337 g/mol. The van der Waals surface area contributed by atoms with Gasteiger partial charge in [0.1, 0.15) is 0 Å². The zero-order valence-electron chi connectivity index (χ0n) is 10.5. The van der Waals surface area contributed by atoms with Crippen molar-refractivity contribution in [2.45, 2.75) is 57.3 Å². The van der Waals surface area contributed by atoms with Crippen molar-refractivity contribution < 1.29 is 9.53 Å². The molecule has 0 aliphatic heterocycles. The van der Waals surface area contributed by atoms with Crippen LogP contribution in [-0.2, 0) is 9.53 Å². The Morgan fingerprint density at radius 1 is 1.31 bits per heavy atom. The van der Waals surface area contributed by atoms with Gasteiger partial charge in [-0.1, -0.05) is 11.9 Å². The maximum atomic E-state index is 10.9. The molecule has 0 radical (unpaired) electrons. The minimum absolute atomic E-state index is 0.0508. The molecule has 96 valence electrons. The van der Waals surface area contributed by atoms with Gasteiger partial charge in [-0.05, 0) is 63.1 Å². The van der Waals surface area contributed by atoms with E-state index in [1.54, 1.807) is 0 Å². The van der Waals surface area contributed by atoms with Crippen molar-refractivity contribution in [2.24, 2.45) is 5.14 Å². The molecule has 0 unspecified atom stereocenters. The van der Waals surface area contributed by atoms with Gasteiger partial charge in [0.05, 0.1) is 5.60 Å². The van der Waals surface area contributed by atoms with E-state index in [9.17, 15) is 4.79 Å². The molecule has 2 N–H and O–H groups in total.